The van der Waals surface area contributed by atoms with Gasteiger partial charge in [-0.1, -0.05) is 12.2 Å². The van der Waals surface area contributed by atoms with E-state index in [-0.39, 0.29) is 17.2 Å². The van der Waals surface area contributed by atoms with Gasteiger partial charge in [-0.05, 0) is 13.8 Å². The fraction of sp³-hybridized carbons (Fsp3) is 0.800. The molecule has 0 aliphatic heterocycles. The van der Waals surface area contributed by atoms with E-state index >= 15 is 0 Å². The number of hydrogen-bond acceptors (Lipinski definition) is 6. The maximum absolute atomic E-state index is 11.5. The molecule has 0 saturated carbocycles. The summed E-state index contributed by atoms with van der Waals surface area (Å²) >= 11 is 8.23. The van der Waals surface area contributed by atoms with Crippen molar-refractivity contribution in [3.63, 3.8) is 0 Å². The van der Waals surface area contributed by atoms with Crippen molar-refractivity contribution in [3.05, 3.63) is 0 Å². The van der Waals surface area contributed by atoms with E-state index in [0.717, 1.165) is 0 Å². The van der Waals surface area contributed by atoms with Gasteiger partial charge in [-0.3, -0.25) is 0 Å². The van der Waals surface area contributed by atoms with Gasteiger partial charge in [0.25, 0.3) is 0 Å². The Hall–Kier alpha value is 0.510. The summed E-state index contributed by atoms with van der Waals surface area (Å²) in [5.41, 5.74) is 0. The van der Waals surface area contributed by atoms with Crippen LogP contribution in [-0.4, -0.2) is 17.2 Å². The number of rotatable bonds is 7. The molecule has 0 N–H and O–H groups in total. The van der Waals surface area contributed by atoms with E-state index in [9.17, 15) is 4.57 Å². The molecule has 0 atom stereocenters. The summed E-state index contributed by atoms with van der Waals surface area (Å²) in [5.74, 6) is 0. The number of hydrogen-bond donors (Lipinski definition) is 1. The average molecular weight is 246 g/mol. The predicted octanol–water partition coefficient (Wildman–Crippen LogP) is 2.33. The van der Waals surface area contributed by atoms with Crippen LogP contribution in [-0.2, 0) is 23.7 Å². The molecule has 0 aromatic heterocycles. The van der Waals surface area contributed by atoms with Gasteiger partial charge in [0.2, 0.25) is 0 Å². The molecule has 0 unspecified atom stereocenters. The minimum atomic E-state index is -3.67. The molecule has 0 aliphatic rings. The predicted molar refractivity (Wildman–Crippen MR) is 54.6 cm³/mol. The van der Waals surface area contributed by atoms with Crippen LogP contribution in [0.2, 0.25) is 0 Å². The highest BCUT2D eigenvalue weighted by Gasteiger charge is 2.31. The Labute approximate surface area is 87.5 Å². The van der Waals surface area contributed by atoms with Crippen molar-refractivity contribution in [1.29, 1.82) is 0 Å². The molecule has 0 rings (SSSR count). The summed E-state index contributed by atoms with van der Waals surface area (Å²) in [6.07, 6.45) is 0. The van der Waals surface area contributed by atoms with Gasteiger partial charge in [-0.25, -0.2) is 14.3 Å². The van der Waals surface area contributed by atoms with E-state index in [0.29, 0.717) is 0 Å². The third-order valence-electron chi connectivity index (χ3n) is 0.772. The normalized spacial score (nSPS) is 11.6. The zero-order chi connectivity index (χ0) is 10.3. The Kier molecular flexibility index (Phi) is 7.16. The summed E-state index contributed by atoms with van der Waals surface area (Å²) in [6.45, 7) is 3.75. The van der Waals surface area contributed by atoms with Crippen LogP contribution >= 0.6 is 32.4 Å². The highest BCUT2D eigenvalue weighted by atomic mass is 32.1. The molecule has 5 nitrogen and oxygen atoms in total. The van der Waals surface area contributed by atoms with Crippen LogP contribution in [0.25, 0.3) is 0 Å². The lowest BCUT2D eigenvalue weighted by Crippen LogP contribution is -2.02. The van der Waals surface area contributed by atoms with Gasteiger partial charge in [-0.2, -0.15) is 0 Å². The molecule has 78 valence electrons. The van der Waals surface area contributed by atoms with Crippen molar-refractivity contribution in [2.45, 2.75) is 13.8 Å². The summed E-state index contributed by atoms with van der Waals surface area (Å²) in [7, 11) is -3.67. The third-order valence-corrected chi connectivity index (χ3v) is 3.25. The van der Waals surface area contributed by atoms with Gasteiger partial charge in [0.05, 0.1) is 13.2 Å². The fourth-order valence-corrected chi connectivity index (χ4v) is 1.34. The standard InChI is InChI=1S/C5H11O5PS2/c1-3-7-9-11(6,5(12)13)10-8-4-2/h3-4H2,1-2H3,(H,12,13). The molecule has 0 aromatic carbocycles. The summed E-state index contributed by atoms with van der Waals surface area (Å²) in [4.78, 5) is 8.90. The minimum Gasteiger partial charge on any atom is -0.248 e. The van der Waals surface area contributed by atoms with E-state index in [2.05, 4.69) is 44.0 Å². The maximum Gasteiger partial charge on any atom is 0.431 e. The third kappa shape index (κ3) is 5.07. The van der Waals surface area contributed by atoms with Crippen molar-refractivity contribution in [2.75, 3.05) is 13.2 Å². The van der Waals surface area contributed by atoms with Crippen LogP contribution in [0.3, 0.4) is 0 Å². The van der Waals surface area contributed by atoms with E-state index in [1.807, 2.05) is 0 Å². The Bertz CT molecular complexity index is 197. The Morgan fingerprint density at radius 2 is 1.69 bits per heavy atom. The van der Waals surface area contributed by atoms with Crippen LogP contribution in [0.15, 0.2) is 0 Å². The van der Waals surface area contributed by atoms with Crippen molar-refractivity contribution in [2.24, 2.45) is 0 Å². The van der Waals surface area contributed by atoms with Crippen molar-refractivity contribution in [1.82, 2.24) is 0 Å². The molecule has 0 saturated heterocycles. The molecule has 0 heterocycles. The molecule has 0 aliphatic carbocycles. The Morgan fingerprint density at radius 1 is 1.31 bits per heavy atom. The first kappa shape index (κ1) is 13.5. The second-order valence-corrected chi connectivity index (χ2v) is 5.30. The lowest BCUT2D eigenvalue weighted by atomic mass is 10.9. The maximum atomic E-state index is 11.5. The molecule has 0 fully saturated rings. The zero-order valence-electron chi connectivity index (χ0n) is 7.26. The van der Waals surface area contributed by atoms with Crippen molar-refractivity contribution >= 4 is 36.4 Å². The van der Waals surface area contributed by atoms with Gasteiger partial charge in [0, 0.05) is 0 Å². The van der Waals surface area contributed by atoms with Crippen molar-refractivity contribution < 1.29 is 23.7 Å². The molecular weight excluding hydrogens is 235 g/mol. The molecule has 0 spiro atoms. The number of thiol groups is 1. The van der Waals surface area contributed by atoms with Crippen LogP contribution in [0.1, 0.15) is 13.8 Å². The molecule has 0 bridgehead atoms. The molecule has 0 aromatic rings. The first-order valence-corrected chi connectivity index (χ1v) is 5.92. The van der Waals surface area contributed by atoms with E-state index in [1.165, 1.54) is 0 Å². The first-order valence-electron chi connectivity index (χ1n) is 3.52. The van der Waals surface area contributed by atoms with Gasteiger partial charge in [0.1, 0.15) is 0 Å². The van der Waals surface area contributed by atoms with E-state index < -0.39 is 7.60 Å². The van der Waals surface area contributed by atoms with Gasteiger partial charge >= 0.3 is 7.60 Å². The van der Waals surface area contributed by atoms with Crippen molar-refractivity contribution in [3.8, 4) is 0 Å². The monoisotopic (exact) mass is 246 g/mol. The summed E-state index contributed by atoms with van der Waals surface area (Å²) in [5, 5.41) is 0. The minimum absolute atomic E-state index is 0.218. The van der Waals surface area contributed by atoms with Crippen LogP contribution in [0.4, 0.5) is 0 Å². The lowest BCUT2D eigenvalue weighted by molar-refractivity contribution is -0.259. The molecule has 8 heteroatoms. The van der Waals surface area contributed by atoms with Gasteiger partial charge in [0.15, 0.2) is 3.94 Å². The molecular formula is C5H11O5PS2. The van der Waals surface area contributed by atoms with Gasteiger partial charge < -0.3 is 0 Å². The first-order chi connectivity index (χ1) is 6.06. The smallest absolute Gasteiger partial charge is 0.248 e. The zero-order valence-corrected chi connectivity index (χ0v) is 9.86. The SMILES string of the molecule is CCOOP(=O)(OOCC)C(=S)S. The second kappa shape index (κ2) is 6.89. The molecule has 13 heavy (non-hydrogen) atoms. The van der Waals surface area contributed by atoms with Crippen LogP contribution in [0, 0.1) is 0 Å². The Balaban J connectivity index is 4.18. The summed E-state index contributed by atoms with van der Waals surface area (Å²) < 4.78 is 20.1. The van der Waals surface area contributed by atoms with E-state index in [4.69, 9.17) is 0 Å². The average Bonchev–Trinajstić information content (AvgIpc) is 2.11. The topological polar surface area (TPSA) is 54.0 Å². The van der Waals surface area contributed by atoms with Crippen LogP contribution in [0.5, 0.6) is 0 Å². The highest BCUT2D eigenvalue weighted by Crippen LogP contribution is 2.51. The van der Waals surface area contributed by atoms with Crippen LogP contribution < -0.4 is 0 Å². The quantitative estimate of drug-likeness (QED) is 0.244. The molecule has 0 amide bonds. The lowest BCUT2D eigenvalue weighted by Gasteiger charge is -2.12. The Morgan fingerprint density at radius 3 is 1.92 bits per heavy atom. The highest BCUT2D eigenvalue weighted by molar-refractivity contribution is 8.26. The number of thiocarbonyl (C=S) groups is 1. The van der Waals surface area contributed by atoms with Gasteiger partial charge in [-0.15, -0.1) is 22.0 Å². The van der Waals surface area contributed by atoms with E-state index in [1.54, 1.807) is 13.8 Å². The molecule has 0 radical (unpaired) electrons. The largest absolute Gasteiger partial charge is 0.431 e. The summed E-state index contributed by atoms with van der Waals surface area (Å²) in [6, 6.07) is 0. The fourth-order valence-electron chi connectivity index (χ4n) is 0.320. The second-order valence-electron chi connectivity index (χ2n) is 1.74.